The van der Waals surface area contributed by atoms with Crippen molar-refractivity contribution < 1.29 is 4.79 Å². The standard InChI is InChI=1S/C18H19N5O/c1-3-23-17(19-20-21-23)15-10-7-11-16(12-15)18(24)22(2)13-14-8-5-4-6-9-14/h4-12H,3,13H2,1-2H3. The lowest BCUT2D eigenvalue weighted by Gasteiger charge is -2.17. The van der Waals surface area contributed by atoms with Crippen molar-refractivity contribution in [2.45, 2.75) is 20.0 Å². The predicted octanol–water partition coefficient (Wildman–Crippen LogP) is 2.63. The first-order valence-electron chi connectivity index (χ1n) is 7.85. The van der Waals surface area contributed by atoms with Crippen molar-refractivity contribution in [1.29, 1.82) is 0 Å². The lowest BCUT2D eigenvalue weighted by molar-refractivity contribution is 0.0785. The van der Waals surface area contributed by atoms with E-state index in [1.165, 1.54) is 0 Å². The van der Waals surface area contributed by atoms with E-state index in [9.17, 15) is 4.79 Å². The van der Waals surface area contributed by atoms with E-state index in [2.05, 4.69) is 15.5 Å². The predicted molar refractivity (Wildman–Crippen MR) is 91.2 cm³/mol. The van der Waals surface area contributed by atoms with Gasteiger partial charge in [0.2, 0.25) is 0 Å². The first kappa shape index (κ1) is 15.9. The molecule has 0 radical (unpaired) electrons. The van der Waals surface area contributed by atoms with Crippen LogP contribution >= 0.6 is 0 Å². The normalized spacial score (nSPS) is 10.6. The molecule has 0 aliphatic rings. The summed E-state index contributed by atoms with van der Waals surface area (Å²) < 4.78 is 1.71. The minimum atomic E-state index is -0.0313. The molecule has 6 nitrogen and oxygen atoms in total. The van der Waals surface area contributed by atoms with Gasteiger partial charge in [-0.1, -0.05) is 42.5 Å². The number of benzene rings is 2. The number of amides is 1. The second-order valence-corrected chi connectivity index (χ2v) is 5.55. The van der Waals surface area contributed by atoms with Crippen LogP contribution in [-0.4, -0.2) is 38.1 Å². The summed E-state index contributed by atoms with van der Waals surface area (Å²) in [6.07, 6.45) is 0. The molecule has 24 heavy (non-hydrogen) atoms. The van der Waals surface area contributed by atoms with Gasteiger partial charge in [0.05, 0.1) is 0 Å². The SMILES string of the molecule is CCn1nnnc1-c1cccc(C(=O)N(C)Cc2ccccc2)c1. The van der Waals surface area contributed by atoms with Crippen LogP contribution in [0.15, 0.2) is 54.6 Å². The highest BCUT2D eigenvalue weighted by molar-refractivity contribution is 5.95. The highest BCUT2D eigenvalue weighted by atomic mass is 16.2. The zero-order valence-corrected chi connectivity index (χ0v) is 13.8. The minimum absolute atomic E-state index is 0.0313. The summed E-state index contributed by atoms with van der Waals surface area (Å²) in [5.74, 6) is 0.633. The number of nitrogens with zero attached hydrogens (tertiary/aromatic N) is 5. The Hall–Kier alpha value is -3.02. The fourth-order valence-corrected chi connectivity index (χ4v) is 2.57. The van der Waals surface area contributed by atoms with Gasteiger partial charge in [-0.3, -0.25) is 4.79 Å². The molecule has 0 saturated carbocycles. The van der Waals surface area contributed by atoms with E-state index in [-0.39, 0.29) is 5.91 Å². The van der Waals surface area contributed by atoms with Crippen LogP contribution < -0.4 is 0 Å². The van der Waals surface area contributed by atoms with Crippen molar-refractivity contribution in [3.05, 3.63) is 65.7 Å². The van der Waals surface area contributed by atoms with Crippen LogP contribution in [0.1, 0.15) is 22.8 Å². The topological polar surface area (TPSA) is 63.9 Å². The fourth-order valence-electron chi connectivity index (χ4n) is 2.57. The van der Waals surface area contributed by atoms with Crippen molar-refractivity contribution in [3.63, 3.8) is 0 Å². The van der Waals surface area contributed by atoms with E-state index in [1.54, 1.807) is 16.6 Å². The van der Waals surface area contributed by atoms with E-state index in [0.29, 0.717) is 24.5 Å². The Morgan fingerprint density at radius 1 is 1.12 bits per heavy atom. The van der Waals surface area contributed by atoms with E-state index in [4.69, 9.17) is 0 Å². The summed E-state index contributed by atoms with van der Waals surface area (Å²) in [4.78, 5) is 14.4. The van der Waals surface area contributed by atoms with Gasteiger partial charge in [0.25, 0.3) is 5.91 Å². The summed E-state index contributed by atoms with van der Waals surface area (Å²) >= 11 is 0. The minimum Gasteiger partial charge on any atom is -0.337 e. The molecular formula is C18H19N5O. The maximum absolute atomic E-state index is 12.7. The van der Waals surface area contributed by atoms with E-state index < -0.39 is 0 Å². The number of aryl methyl sites for hydroxylation is 1. The molecule has 0 N–H and O–H groups in total. The molecule has 0 saturated heterocycles. The molecule has 0 unspecified atom stereocenters. The molecule has 0 atom stereocenters. The van der Waals surface area contributed by atoms with Crippen LogP contribution in [0.2, 0.25) is 0 Å². The summed E-state index contributed by atoms with van der Waals surface area (Å²) in [5.41, 5.74) is 2.55. The van der Waals surface area contributed by atoms with Gasteiger partial charge in [0, 0.05) is 31.3 Å². The van der Waals surface area contributed by atoms with E-state index in [1.807, 2.05) is 61.5 Å². The first-order valence-corrected chi connectivity index (χ1v) is 7.85. The number of hydrogen-bond acceptors (Lipinski definition) is 4. The second kappa shape index (κ2) is 7.04. The summed E-state index contributed by atoms with van der Waals surface area (Å²) in [5, 5.41) is 11.7. The fraction of sp³-hybridized carbons (Fsp3) is 0.222. The Balaban J connectivity index is 1.82. The number of tetrazole rings is 1. The number of rotatable bonds is 5. The molecule has 1 aromatic heterocycles. The van der Waals surface area contributed by atoms with Gasteiger partial charge >= 0.3 is 0 Å². The van der Waals surface area contributed by atoms with Crippen LogP contribution in [0, 0.1) is 0 Å². The Kier molecular flexibility index (Phi) is 4.65. The molecule has 0 aliphatic carbocycles. The lowest BCUT2D eigenvalue weighted by Crippen LogP contribution is -2.26. The molecule has 0 bridgehead atoms. The lowest BCUT2D eigenvalue weighted by atomic mass is 10.1. The van der Waals surface area contributed by atoms with Gasteiger partial charge in [0.1, 0.15) is 0 Å². The number of carbonyl (C=O) groups is 1. The largest absolute Gasteiger partial charge is 0.337 e. The Morgan fingerprint density at radius 2 is 1.92 bits per heavy atom. The highest BCUT2D eigenvalue weighted by Gasteiger charge is 2.14. The van der Waals surface area contributed by atoms with Gasteiger partial charge in [-0.05, 0) is 35.0 Å². The summed E-state index contributed by atoms with van der Waals surface area (Å²) in [7, 11) is 1.80. The molecule has 3 rings (SSSR count). The maximum atomic E-state index is 12.7. The van der Waals surface area contributed by atoms with Crippen LogP contribution in [-0.2, 0) is 13.1 Å². The molecular weight excluding hydrogens is 302 g/mol. The highest BCUT2D eigenvalue weighted by Crippen LogP contribution is 2.18. The molecule has 1 heterocycles. The molecule has 6 heteroatoms. The third-order valence-corrected chi connectivity index (χ3v) is 3.81. The zero-order chi connectivity index (χ0) is 16.9. The number of aromatic nitrogens is 4. The summed E-state index contributed by atoms with van der Waals surface area (Å²) in [6, 6.07) is 17.3. The molecule has 0 fully saturated rings. The van der Waals surface area contributed by atoms with Crippen LogP contribution in [0.4, 0.5) is 0 Å². The van der Waals surface area contributed by atoms with E-state index >= 15 is 0 Å². The van der Waals surface area contributed by atoms with Crippen LogP contribution in [0.3, 0.4) is 0 Å². The third-order valence-electron chi connectivity index (χ3n) is 3.81. The molecule has 0 spiro atoms. The summed E-state index contributed by atoms with van der Waals surface area (Å²) in [6.45, 7) is 3.22. The van der Waals surface area contributed by atoms with Gasteiger partial charge < -0.3 is 4.90 Å². The first-order chi connectivity index (χ1) is 11.7. The Morgan fingerprint density at radius 3 is 2.67 bits per heavy atom. The van der Waals surface area contributed by atoms with Crippen molar-refractivity contribution in [2.75, 3.05) is 7.05 Å². The van der Waals surface area contributed by atoms with Crippen molar-refractivity contribution in [2.24, 2.45) is 0 Å². The van der Waals surface area contributed by atoms with Gasteiger partial charge in [-0.15, -0.1) is 5.10 Å². The number of carbonyl (C=O) groups excluding carboxylic acids is 1. The zero-order valence-electron chi connectivity index (χ0n) is 13.8. The smallest absolute Gasteiger partial charge is 0.253 e. The maximum Gasteiger partial charge on any atom is 0.253 e. The average Bonchev–Trinajstić information content (AvgIpc) is 3.11. The van der Waals surface area contributed by atoms with Gasteiger partial charge in [-0.2, -0.15) is 0 Å². The number of hydrogen-bond donors (Lipinski definition) is 0. The van der Waals surface area contributed by atoms with Crippen molar-refractivity contribution in [3.8, 4) is 11.4 Å². The molecule has 0 aliphatic heterocycles. The Labute approximate surface area is 140 Å². The van der Waals surface area contributed by atoms with Gasteiger partial charge in [-0.25, -0.2) is 4.68 Å². The molecule has 1 amide bonds. The monoisotopic (exact) mass is 321 g/mol. The van der Waals surface area contributed by atoms with Crippen LogP contribution in [0.25, 0.3) is 11.4 Å². The quantitative estimate of drug-likeness (QED) is 0.724. The molecule has 3 aromatic rings. The van der Waals surface area contributed by atoms with Crippen molar-refractivity contribution >= 4 is 5.91 Å². The van der Waals surface area contributed by atoms with Crippen LogP contribution in [0.5, 0.6) is 0 Å². The Bertz CT molecular complexity index is 828. The third kappa shape index (κ3) is 3.32. The molecule has 122 valence electrons. The second-order valence-electron chi connectivity index (χ2n) is 5.55. The average molecular weight is 321 g/mol. The molecule has 2 aromatic carbocycles. The van der Waals surface area contributed by atoms with Crippen molar-refractivity contribution in [1.82, 2.24) is 25.1 Å². The van der Waals surface area contributed by atoms with Gasteiger partial charge in [0.15, 0.2) is 5.82 Å². The van der Waals surface area contributed by atoms with E-state index in [0.717, 1.165) is 11.1 Å².